The number of nitrogens with two attached hydrogens (primary N) is 1. The molecule has 0 spiro atoms. The van der Waals surface area contributed by atoms with Gasteiger partial charge in [-0.15, -0.1) is 0 Å². The van der Waals surface area contributed by atoms with E-state index in [0.29, 0.717) is 11.3 Å². The van der Waals surface area contributed by atoms with Crippen LogP contribution in [-0.2, 0) is 6.54 Å². The topological polar surface area (TPSA) is 76.2 Å². The van der Waals surface area contributed by atoms with E-state index in [0.717, 1.165) is 16.8 Å². The van der Waals surface area contributed by atoms with E-state index < -0.39 is 0 Å². The van der Waals surface area contributed by atoms with Gasteiger partial charge in [0.15, 0.2) is 5.65 Å². The lowest BCUT2D eigenvalue weighted by molar-refractivity contribution is 0.857. The Morgan fingerprint density at radius 1 is 1.32 bits per heavy atom. The second-order valence-electron chi connectivity index (χ2n) is 4.43. The van der Waals surface area contributed by atoms with Gasteiger partial charge in [-0.1, -0.05) is 30.3 Å². The third kappa shape index (κ3) is 1.84. The first kappa shape index (κ1) is 11.7. The van der Waals surface area contributed by atoms with Crippen LogP contribution < -0.4 is 11.3 Å². The molecule has 2 heterocycles. The van der Waals surface area contributed by atoms with Crippen LogP contribution in [0.3, 0.4) is 0 Å². The van der Waals surface area contributed by atoms with Crippen LogP contribution in [0.25, 0.3) is 16.8 Å². The standard InChI is InChI=1S/C14H14N4O/c1-9-13(10-5-3-2-4-6-10)14-16-11(8-15)7-12(19)18(14)17-9/h2-7,17H,8,15H2,1H3. The third-order valence-electron chi connectivity index (χ3n) is 3.12. The normalized spacial score (nSPS) is 11.1. The van der Waals surface area contributed by atoms with Gasteiger partial charge in [0.05, 0.1) is 5.69 Å². The summed E-state index contributed by atoms with van der Waals surface area (Å²) in [7, 11) is 0. The molecule has 0 saturated heterocycles. The molecule has 1 aromatic carbocycles. The fraction of sp³-hybridized carbons (Fsp3) is 0.143. The zero-order valence-corrected chi connectivity index (χ0v) is 10.6. The Morgan fingerprint density at radius 3 is 2.74 bits per heavy atom. The summed E-state index contributed by atoms with van der Waals surface area (Å²) in [4.78, 5) is 16.4. The number of hydrogen-bond donors (Lipinski definition) is 2. The zero-order valence-electron chi connectivity index (χ0n) is 10.6. The van der Waals surface area contributed by atoms with Gasteiger partial charge in [-0.05, 0) is 12.5 Å². The van der Waals surface area contributed by atoms with Gasteiger partial charge in [-0.2, -0.15) is 0 Å². The van der Waals surface area contributed by atoms with Crippen LogP contribution in [0, 0.1) is 6.92 Å². The van der Waals surface area contributed by atoms with Gasteiger partial charge in [0.2, 0.25) is 0 Å². The number of nitrogens with one attached hydrogen (secondary N) is 1. The lowest BCUT2D eigenvalue weighted by Crippen LogP contribution is -2.17. The molecule has 0 unspecified atom stereocenters. The molecule has 3 aromatic rings. The molecule has 96 valence electrons. The fourth-order valence-electron chi connectivity index (χ4n) is 2.25. The molecule has 0 aliphatic heterocycles. The zero-order chi connectivity index (χ0) is 13.4. The van der Waals surface area contributed by atoms with Crippen molar-refractivity contribution in [3.8, 4) is 11.1 Å². The highest BCUT2D eigenvalue weighted by Gasteiger charge is 2.13. The molecular weight excluding hydrogens is 240 g/mol. The minimum Gasteiger partial charge on any atom is -0.325 e. The lowest BCUT2D eigenvalue weighted by Gasteiger charge is -2.01. The van der Waals surface area contributed by atoms with Crippen molar-refractivity contribution >= 4 is 5.65 Å². The van der Waals surface area contributed by atoms with Crippen LogP contribution in [0.1, 0.15) is 11.4 Å². The van der Waals surface area contributed by atoms with Crippen LogP contribution in [0.15, 0.2) is 41.2 Å². The Balaban J connectivity index is 2.39. The predicted octanol–water partition coefficient (Wildman–Crippen LogP) is 1.46. The average Bonchev–Trinajstić information content (AvgIpc) is 2.76. The van der Waals surface area contributed by atoms with E-state index in [1.165, 1.54) is 10.6 Å². The van der Waals surface area contributed by atoms with E-state index >= 15 is 0 Å². The highest BCUT2D eigenvalue weighted by atomic mass is 16.1. The Labute approximate surface area is 109 Å². The lowest BCUT2D eigenvalue weighted by atomic mass is 10.1. The first-order valence-corrected chi connectivity index (χ1v) is 6.07. The molecular formula is C14H14N4O. The van der Waals surface area contributed by atoms with Crippen LogP contribution in [-0.4, -0.2) is 14.6 Å². The van der Waals surface area contributed by atoms with Crippen molar-refractivity contribution in [3.05, 3.63) is 58.1 Å². The van der Waals surface area contributed by atoms with Gasteiger partial charge in [-0.3, -0.25) is 9.89 Å². The fourth-order valence-corrected chi connectivity index (χ4v) is 2.25. The molecule has 5 nitrogen and oxygen atoms in total. The monoisotopic (exact) mass is 254 g/mol. The maximum Gasteiger partial charge on any atom is 0.272 e. The van der Waals surface area contributed by atoms with Crippen molar-refractivity contribution in [1.29, 1.82) is 0 Å². The Morgan fingerprint density at radius 2 is 2.05 bits per heavy atom. The van der Waals surface area contributed by atoms with E-state index in [1.54, 1.807) is 0 Å². The molecule has 0 atom stereocenters. The molecule has 3 N–H and O–H groups in total. The van der Waals surface area contributed by atoms with Crippen LogP contribution in [0.2, 0.25) is 0 Å². The number of nitrogens with zero attached hydrogens (tertiary/aromatic N) is 2. The molecule has 0 amide bonds. The molecule has 0 radical (unpaired) electrons. The highest BCUT2D eigenvalue weighted by molar-refractivity contribution is 5.79. The maximum absolute atomic E-state index is 12.0. The summed E-state index contributed by atoms with van der Waals surface area (Å²) in [5.74, 6) is 0. The average molecular weight is 254 g/mol. The third-order valence-corrected chi connectivity index (χ3v) is 3.12. The molecule has 19 heavy (non-hydrogen) atoms. The van der Waals surface area contributed by atoms with E-state index in [-0.39, 0.29) is 12.1 Å². The number of benzene rings is 1. The molecule has 5 heteroatoms. The number of H-pyrrole nitrogens is 1. The molecule has 0 aliphatic carbocycles. The van der Waals surface area contributed by atoms with Gasteiger partial charge in [0.25, 0.3) is 5.56 Å². The van der Waals surface area contributed by atoms with Crippen molar-refractivity contribution in [2.45, 2.75) is 13.5 Å². The summed E-state index contributed by atoms with van der Waals surface area (Å²) in [5, 5.41) is 3.05. The van der Waals surface area contributed by atoms with Gasteiger partial charge in [-0.25, -0.2) is 9.50 Å². The second kappa shape index (κ2) is 4.37. The van der Waals surface area contributed by atoms with Gasteiger partial charge in [0, 0.05) is 23.9 Å². The quantitative estimate of drug-likeness (QED) is 0.726. The van der Waals surface area contributed by atoms with E-state index in [2.05, 4.69) is 10.1 Å². The van der Waals surface area contributed by atoms with E-state index in [4.69, 9.17) is 5.73 Å². The molecule has 0 bridgehead atoms. The predicted molar refractivity (Wildman–Crippen MR) is 73.9 cm³/mol. The van der Waals surface area contributed by atoms with Gasteiger partial charge >= 0.3 is 0 Å². The van der Waals surface area contributed by atoms with E-state index in [9.17, 15) is 4.79 Å². The summed E-state index contributed by atoms with van der Waals surface area (Å²) in [5.41, 5.74) is 9.53. The molecule has 0 fully saturated rings. The highest BCUT2D eigenvalue weighted by Crippen LogP contribution is 2.25. The maximum atomic E-state index is 12.0. The van der Waals surface area contributed by atoms with Crippen LogP contribution in [0.5, 0.6) is 0 Å². The second-order valence-corrected chi connectivity index (χ2v) is 4.43. The van der Waals surface area contributed by atoms with Crippen molar-refractivity contribution in [2.24, 2.45) is 5.73 Å². The smallest absolute Gasteiger partial charge is 0.272 e. The van der Waals surface area contributed by atoms with Crippen LogP contribution >= 0.6 is 0 Å². The minimum absolute atomic E-state index is 0.143. The number of rotatable bonds is 2. The Hall–Kier alpha value is -2.40. The van der Waals surface area contributed by atoms with Crippen LogP contribution in [0.4, 0.5) is 0 Å². The van der Waals surface area contributed by atoms with Gasteiger partial charge < -0.3 is 5.73 Å². The SMILES string of the molecule is Cc1[nH]n2c(=O)cc(CN)nc2c1-c1ccccc1. The molecule has 0 aliphatic rings. The summed E-state index contributed by atoms with van der Waals surface area (Å²) in [6.45, 7) is 2.18. The number of aryl methyl sites for hydroxylation is 1. The van der Waals surface area contributed by atoms with Crippen molar-refractivity contribution in [2.75, 3.05) is 0 Å². The minimum atomic E-state index is -0.143. The van der Waals surface area contributed by atoms with Gasteiger partial charge in [0.1, 0.15) is 0 Å². The van der Waals surface area contributed by atoms with Crippen molar-refractivity contribution in [3.63, 3.8) is 0 Å². The largest absolute Gasteiger partial charge is 0.325 e. The Kier molecular flexibility index (Phi) is 2.68. The summed E-state index contributed by atoms with van der Waals surface area (Å²) in [6.07, 6.45) is 0. The van der Waals surface area contributed by atoms with Crippen molar-refractivity contribution in [1.82, 2.24) is 14.6 Å². The number of aromatic nitrogens is 3. The number of hydrogen-bond acceptors (Lipinski definition) is 3. The van der Waals surface area contributed by atoms with E-state index in [1.807, 2.05) is 37.3 Å². The van der Waals surface area contributed by atoms with Crippen molar-refractivity contribution < 1.29 is 0 Å². The first-order valence-electron chi connectivity index (χ1n) is 6.07. The summed E-state index contributed by atoms with van der Waals surface area (Å²) < 4.78 is 1.46. The molecule has 2 aromatic heterocycles. The number of fused-ring (bicyclic) bond motifs is 1. The first-order chi connectivity index (χ1) is 9.20. The molecule has 3 rings (SSSR count). The number of aromatic amines is 1. The molecule has 0 saturated carbocycles. The summed E-state index contributed by atoms with van der Waals surface area (Å²) >= 11 is 0. The summed E-state index contributed by atoms with van der Waals surface area (Å²) in [6, 6.07) is 11.3. The Bertz CT molecular complexity index is 786.